The van der Waals surface area contributed by atoms with Crippen LogP contribution in [-0.2, 0) is 4.79 Å². The molecule has 0 amide bonds. The minimum absolute atomic E-state index is 0.236. The van der Waals surface area contributed by atoms with E-state index in [0.717, 1.165) is 36.5 Å². The summed E-state index contributed by atoms with van der Waals surface area (Å²) in [5, 5.41) is 0. The molecule has 4 rings (SSSR count). The molecule has 0 aliphatic heterocycles. The summed E-state index contributed by atoms with van der Waals surface area (Å²) in [6, 6.07) is 0. The van der Waals surface area contributed by atoms with E-state index < -0.39 is 0 Å². The van der Waals surface area contributed by atoms with Crippen LogP contribution in [0.5, 0.6) is 0 Å². The van der Waals surface area contributed by atoms with Crippen LogP contribution < -0.4 is 0 Å². The van der Waals surface area contributed by atoms with Crippen molar-refractivity contribution in [2.75, 3.05) is 0 Å². The van der Waals surface area contributed by atoms with E-state index in [4.69, 9.17) is 0 Å². The smallest absolute Gasteiger partial charge is 0.136 e. The Labute approximate surface area is 193 Å². The minimum atomic E-state index is 0.236. The number of carbonyl (C=O) groups excluding carboxylic acids is 1. The Kier molecular flexibility index (Phi) is 5.88. The van der Waals surface area contributed by atoms with Crippen molar-refractivity contribution in [1.82, 2.24) is 0 Å². The van der Waals surface area contributed by atoms with Crippen molar-refractivity contribution in [3.63, 3.8) is 0 Å². The van der Waals surface area contributed by atoms with Crippen LogP contribution in [0.1, 0.15) is 120 Å². The van der Waals surface area contributed by atoms with Gasteiger partial charge in [0.15, 0.2) is 0 Å². The average Bonchev–Trinajstić information content (AvgIpc) is 2.96. The first kappa shape index (κ1) is 23.6. The zero-order valence-corrected chi connectivity index (χ0v) is 21.9. The van der Waals surface area contributed by atoms with Gasteiger partial charge in [-0.05, 0) is 117 Å². The SMILES string of the molecule is CC(C)=CCCC(C)C1CCC2(C)C3CCC4(C)C(C)C(=O)CCC4C3(C)CCC12C. The predicted octanol–water partition coefficient (Wildman–Crippen LogP) is 8.62. The Hall–Kier alpha value is -0.590. The fourth-order valence-corrected chi connectivity index (χ4v) is 10.2. The van der Waals surface area contributed by atoms with E-state index >= 15 is 0 Å². The van der Waals surface area contributed by atoms with Gasteiger partial charge < -0.3 is 0 Å². The molecule has 0 aromatic carbocycles. The Bertz CT molecular complexity index is 746. The summed E-state index contributed by atoms with van der Waals surface area (Å²) < 4.78 is 0. The lowest BCUT2D eigenvalue weighted by Crippen LogP contribution is -2.62. The van der Waals surface area contributed by atoms with Crippen LogP contribution in [0.4, 0.5) is 0 Å². The van der Waals surface area contributed by atoms with Crippen molar-refractivity contribution in [1.29, 1.82) is 0 Å². The van der Waals surface area contributed by atoms with Crippen LogP contribution in [0, 0.1) is 51.2 Å². The van der Waals surface area contributed by atoms with Gasteiger partial charge in [0.1, 0.15) is 5.78 Å². The van der Waals surface area contributed by atoms with Crippen molar-refractivity contribution in [3.05, 3.63) is 11.6 Å². The zero-order valence-electron chi connectivity index (χ0n) is 21.9. The molecule has 0 aromatic heterocycles. The Morgan fingerprint density at radius 1 is 0.935 bits per heavy atom. The highest BCUT2D eigenvalue weighted by Crippen LogP contribution is 2.76. The van der Waals surface area contributed by atoms with Gasteiger partial charge in [0.2, 0.25) is 0 Å². The quantitative estimate of drug-likeness (QED) is 0.411. The zero-order chi connectivity index (χ0) is 22.8. The van der Waals surface area contributed by atoms with Crippen molar-refractivity contribution >= 4 is 5.78 Å². The Balaban J connectivity index is 1.61. The van der Waals surface area contributed by atoms with Gasteiger partial charge >= 0.3 is 0 Å². The van der Waals surface area contributed by atoms with Crippen LogP contribution in [0.3, 0.4) is 0 Å². The second-order valence-corrected chi connectivity index (χ2v) is 13.7. The molecule has 1 heteroatoms. The highest BCUT2D eigenvalue weighted by atomic mass is 16.1. The van der Waals surface area contributed by atoms with Crippen LogP contribution in [-0.4, -0.2) is 5.78 Å². The fourth-order valence-electron chi connectivity index (χ4n) is 10.2. The summed E-state index contributed by atoms with van der Waals surface area (Å²) in [6.45, 7) is 19.8. The summed E-state index contributed by atoms with van der Waals surface area (Å²) in [4.78, 5) is 12.7. The molecular weight excluding hydrogens is 376 g/mol. The normalized spacial score (nSPS) is 50.3. The lowest BCUT2D eigenvalue weighted by molar-refractivity contribution is -0.202. The molecule has 0 aromatic rings. The van der Waals surface area contributed by atoms with Crippen molar-refractivity contribution in [3.8, 4) is 0 Å². The van der Waals surface area contributed by atoms with Crippen molar-refractivity contribution in [2.24, 2.45) is 51.2 Å². The molecule has 176 valence electrons. The maximum Gasteiger partial charge on any atom is 0.136 e. The van der Waals surface area contributed by atoms with Crippen LogP contribution in [0.25, 0.3) is 0 Å². The lowest BCUT2D eigenvalue weighted by Gasteiger charge is -2.69. The number of hydrogen-bond donors (Lipinski definition) is 0. The van der Waals surface area contributed by atoms with Gasteiger partial charge in [0.05, 0.1) is 0 Å². The third kappa shape index (κ3) is 3.25. The molecule has 0 radical (unpaired) electrons. The first-order valence-electron chi connectivity index (χ1n) is 13.6. The summed E-state index contributed by atoms with van der Waals surface area (Å²) in [5.74, 6) is 4.09. The molecular formula is C30H50O. The molecule has 0 spiro atoms. The summed E-state index contributed by atoms with van der Waals surface area (Å²) in [5.41, 5.74) is 3.09. The van der Waals surface area contributed by atoms with E-state index in [1.54, 1.807) is 0 Å². The number of rotatable bonds is 4. The number of allylic oxidation sites excluding steroid dienone is 2. The number of Topliss-reactive ketones (excluding diaryl/α,β-unsaturated/α-hetero) is 1. The largest absolute Gasteiger partial charge is 0.299 e. The van der Waals surface area contributed by atoms with E-state index in [9.17, 15) is 4.79 Å². The third-order valence-electron chi connectivity index (χ3n) is 12.4. The predicted molar refractivity (Wildman–Crippen MR) is 132 cm³/mol. The molecule has 0 bridgehead atoms. The molecule has 4 fully saturated rings. The van der Waals surface area contributed by atoms with Gasteiger partial charge in [-0.1, -0.05) is 53.2 Å². The summed E-state index contributed by atoms with van der Waals surface area (Å²) >= 11 is 0. The second-order valence-electron chi connectivity index (χ2n) is 13.7. The van der Waals surface area contributed by atoms with Gasteiger partial charge in [0.25, 0.3) is 0 Å². The van der Waals surface area contributed by atoms with Crippen LogP contribution >= 0.6 is 0 Å². The number of fused-ring (bicyclic) bond motifs is 5. The molecule has 9 unspecified atom stereocenters. The van der Waals surface area contributed by atoms with Gasteiger partial charge in [-0.15, -0.1) is 0 Å². The highest BCUT2D eigenvalue weighted by molar-refractivity contribution is 5.82. The maximum absolute atomic E-state index is 12.7. The molecule has 4 aliphatic rings. The van der Waals surface area contributed by atoms with Gasteiger partial charge in [-0.3, -0.25) is 4.79 Å². The Morgan fingerprint density at radius 2 is 1.65 bits per heavy atom. The molecule has 0 N–H and O–H groups in total. The fraction of sp³-hybridized carbons (Fsp3) is 0.900. The molecule has 4 aliphatic carbocycles. The highest BCUT2D eigenvalue weighted by Gasteiger charge is 2.69. The van der Waals surface area contributed by atoms with Crippen molar-refractivity contribution < 1.29 is 4.79 Å². The van der Waals surface area contributed by atoms with Crippen LogP contribution in [0.2, 0.25) is 0 Å². The van der Waals surface area contributed by atoms with E-state index in [1.165, 1.54) is 56.9 Å². The van der Waals surface area contributed by atoms with E-state index in [1.807, 2.05) is 0 Å². The molecule has 1 nitrogen and oxygen atoms in total. The monoisotopic (exact) mass is 426 g/mol. The first-order chi connectivity index (χ1) is 14.4. The molecule has 9 atom stereocenters. The molecule has 0 saturated heterocycles. The lowest BCUT2D eigenvalue weighted by atomic mass is 9.35. The standard InChI is InChI=1S/C30H50O/c1-20(2)10-9-11-21(3)23-14-17-30(8)26-15-16-27(5)22(4)24(31)12-13-25(27)28(26,6)18-19-29(23,30)7/h10,21-23,25-26H,9,11-19H2,1-8H3. The number of carbonyl (C=O) groups is 1. The van der Waals surface area contributed by atoms with E-state index in [2.05, 4.69) is 61.5 Å². The molecule has 4 saturated carbocycles. The minimum Gasteiger partial charge on any atom is -0.299 e. The average molecular weight is 427 g/mol. The van der Waals surface area contributed by atoms with E-state index in [0.29, 0.717) is 22.0 Å². The van der Waals surface area contributed by atoms with Gasteiger partial charge in [0, 0.05) is 12.3 Å². The number of hydrogen-bond acceptors (Lipinski definition) is 1. The van der Waals surface area contributed by atoms with Gasteiger partial charge in [-0.2, -0.15) is 0 Å². The molecule has 0 heterocycles. The summed E-state index contributed by atoms with van der Waals surface area (Å²) in [7, 11) is 0. The Morgan fingerprint density at radius 3 is 2.32 bits per heavy atom. The topological polar surface area (TPSA) is 17.1 Å². The van der Waals surface area contributed by atoms with Crippen molar-refractivity contribution in [2.45, 2.75) is 120 Å². The van der Waals surface area contributed by atoms with Gasteiger partial charge in [-0.25, -0.2) is 0 Å². The van der Waals surface area contributed by atoms with Crippen LogP contribution in [0.15, 0.2) is 11.6 Å². The summed E-state index contributed by atoms with van der Waals surface area (Å²) in [6.07, 6.45) is 15.3. The maximum atomic E-state index is 12.7. The third-order valence-corrected chi connectivity index (χ3v) is 12.4. The second kappa shape index (κ2) is 7.73. The molecule has 31 heavy (non-hydrogen) atoms. The first-order valence-corrected chi connectivity index (χ1v) is 13.6. The van der Waals surface area contributed by atoms with E-state index in [-0.39, 0.29) is 11.3 Å². The number of ketones is 1.